The Kier molecular flexibility index (Phi) is 8.82. The Bertz CT molecular complexity index is 1210. The zero-order chi connectivity index (χ0) is 28.1. The van der Waals surface area contributed by atoms with E-state index < -0.39 is 24.3 Å². The summed E-state index contributed by atoms with van der Waals surface area (Å²) in [4.78, 5) is 31.0. The quantitative estimate of drug-likeness (QED) is 0.439. The molecule has 2 N–H and O–H groups in total. The lowest BCUT2D eigenvalue weighted by Crippen LogP contribution is -2.29. The molecule has 0 radical (unpaired) electrons. The topological polar surface area (TPSA) is 109 Å². The third-order valence-corrected chi connectivity index (χ3v) is 6.84. The minimum Gasteiger partial charge on any atom is -0.475 e. The first-order chi connectivity index (χ1) is 17.7. The first-order valence-corrected chi connectivity index (χ1v) is 11.9. The summed E-state index contributed by atoms with van der Waals surface area (Å²) in [6.07, 6.45) is -3.78. The van der Waals surface area contributed by atoms with Crippen molar-refractivity contribution in [3.8, 4) is 10.6 Å². The number of fused-ring (bicyclic) bond motifs is 2. The minimum absolute atomic E-state index is 0.240. The molecule has 1 spiro atoms. The van der Waals surface area contributed by atoms with Crippen molar-refractivity contribution in [2.24, 2.45) is 0 Å². The van der Waals surface area contributed by atoms with E-state index in [1.807, 2.05) is 12.3 Å². The third kappa shape index (κ3) is 7.10. The van der Waals surface area contributed by atoms with Crippen molar-refractivity contribution < 1.29 is 46.1 Å². The van der Waals surface area contributed by atoms with Crippen LogP contribution in [0, 0.1) is 0 Å². The number of alkyl halides is 6. The summed E-state index contributed by atoms with van der Waals surface area (Å²) in [6, 6.07) is 10.5. The van der Waals surface area contributed by atoms with Gasteiger partial charge in [0.2, 0.25) is 0 Å². The van der Waals surface area contributed by atoms with Gasteiger partial charge in [-0.3, -0.25) is 9.88 Å². The van der Waals surface area contributed by atoms with Crippen LogP contribution in [0.4, 0.5) is 26.3 Å². The Morgan fingerprint density at radius 1 is 0.947 bits per heavy atom. The molecule has 0 saturated carbocycles. The summed E-state index contributed by atoms with van der Waals surface area (Å²) in [5.41, 5.74) is 2.69. The van der Waals surface area contributed by atoms with E-state index in [9.17, 15) is 26.3 Å². The molecule has 206 valence electrons. The third-order valence-electron chi connectivity index (χ3n) is 5.95. The zero-order valence-electron chi connectivity index (χ0n) is 19.5. The standard InChI is InChI=1S/C19H20N4S.2C2HF3O2/c1-2-8-20-15(4-1)13-22-9-6-19(14-22)7-10-23-16(12-21-18(19)23)17-5-3-11-24-17;2*3-2(4,5)1(6)7/h1-5,8,11-12H,6-7,9-10,13-14H2;2*(H,6,7). The van der Waals surface area contributed by atoms with Gasteiger partial charge in [0.25, 0.3) is 0 Å². The van der Waals surface area contributed by atoms with Gasteiger partial charge in [0.15, 0.2) is 0 Å². The number of hydrogen-bond donors (Lipinski definition) is 2. The van der Waals surface area contributed by atoms with E-state index >= 15 is 0 Å². The van der Waals surface area contributed by atoms with Crippen LogP contribution in [0.15, 0.2) is 48.1 Å². The van der Waals surface area contributed by atoms with E-state index in [0.29, 0.717) is 0 Å². The second kappa shape index (κ2) is 11.5. The molecule has 1 atom stereocenters. The smallest absolute Gasteiger partial charge is 0.475 e. The summed E-state index contributed by atoms with van der Waals surface area (Å²) >= 11 is 1.80. The second-order valence-electron chi connectivity index (χ2n) is 8.51. The molecule has 3 aromatic rings. The molecular weight excluding hydrogens is 542 g/mol. The Labute approximate surface area is 216 Å². The van der Waals surface area contributed by atoms with E-state index in [4.69, 9.17) is 24.8 Å². The molecule has 5 heterocycles. The van der Waals surface area contributed by atoms with Crippen molar-refractivity contribution in [2.45, 2.75) is 43.7 Å². The van der Waals surface area contributed by atoms with Crippen LogP contribution in [0.1, 0.15) is 24.4 Å². The number of thiophene rings is 1. The van der Waals surface area contributed by atoms with Gasteiger partial charge in [0.05, 0.1) is 22.5 Å². The molecule has 1 unspecified atom stereocenters. The average molecular weight is 565 g/mol. The van der Waals surface area contributed by atoms with Crippen LogP contribution < -0.4 is 0 Å². The fraction of sp³-hybridized carbons (Fsp3) is 0.391. The highest BCUT2D eigenvalue weighted by Crippen LogP contribution is 2.44. The maximum atomic E-state index is 10.6. The van der Waals surface area contributed by atoms with Crippen LogP contribution in [-0.2, 0) is 28.1 Å². The molecule has 2 aliphatic rings. The van der Waals surface area contributed by atoms with Gasteiger partial charge in [-0.15, -0.1) is 11.3 Å². The molecule has 38 heavy (non-hydrogen) atoms. The van der Waals surface area contributed by atoms with Gasteiger partial charge in [-0.2, -0.15) is 26.3 Å². The van der Waals surface area contributed by atoms with Gasteiger partial charge < -0.3 is 14.8 Å². The Hall–Kier alpha value is -3.46. The number of pyridine rings is 1. The lowest BCUT2D eigenvalue weighted by Gasteiger charge is -2.22. The number of aromatic nitrogens is 3. The SMILES string of the molecule is O=C(O)C(F)(F)F.O=C(O)C(F)(F)F.c1ccc(CN2CCC3(CCn4c(-c5cccs5)cnc43)C2)nc1. The molecule has 5 rings (SSSR count). The maximum Gasteiger partial charge on any atom is 0.490 e. The Morgan fingerprint density at radius 2 is 1.58 bits per heavy atom. The predicted octanol–water partition coefficient (Wildman–Crippen LogP) is 4.82. The number of hydrogen-bond acceptors (Lipinski definition) is 6. The molecule has 8 nitrogen and oxygen atoms in total. The second-order valence-corrected chi connectivity index (χ2v) is 9.46. The van der Waals surface area contributed by atoms with Crippen molar-refractivity contribution in [3.63, 3.8) is 0 Å². The molecule has 0 bridgehead atoms. The number of imidazole rings is 1. The summed E-state index contributed by atoms with van der Waals surface area (Å²) in [6.45, 7) is 4.28. The molecule has 0 aromatic carbocycles. The van der Waals surface area contributed by atoms with Crippen molar-refractivity contribution >= 4 is 23.3 Å². The molecule has 2 aliphatic heterocycles. The lowest BCUT2D eigenvalue weighted by atomic mass is 9.85. The molecule has 0 amide bonds. The molecule has 0 aliphatic carbocycles. The minimum atomic E-state index is -5.08. The van der Waals surface area contributed by atoms with Crippen LogP contribution in [0.5, 0.6) is 0 Å². The normalized spacial score (nSPS) is 18.8. The highest BCUT2D eigenvalue weighted by molar-refractivity contribution is 7.13. The number of carboxylic acids is 2. The number of aliphatic carboxylic acids is 2. The van der Waals surface area contributed by atoms with E-state index in [1.165, 1.54) is 29.2 Å². The van der Waals surface area contributed by atoms with Crippen molar-refractivity contribution in [3.05, 3.63) is 59.6 Å². The summed E-state index contributed by atoms with van der Waals surface area (Å²) < 4.78 is 65.9. The fourth-order valence-corrected chi connectivity index (χ4v) is 5.03. The van der Waals surface area contributed by atoms with Gasteiger partial charge in [0.1, 0.15) is 5.82 Å². The lowest BCUT2D eigenvalue weighted by molar-refractivity contribution is -0.193. The summed E-state index contributed by atoms with van der Waals surface area (Å²) in [7, 11) is 0. The van der Waals surface area contributed by atoms with Gasteiger partial charge in [0, 0.05) is 31.2 Å². The summed E-state index contributed by atoms with van der Waals surface area (Å²) in [5.74, 6) is -4.21. The number of nitrogens with zero attached hydrogens (tertiary/aromatic N) is 4. The molecule has 15 heteroatoms. The maximum absolute atomic E-state index is 10.6. The van der Waals surface area contributed by atoms with Crippen molar-refractivity contribution in [1.82, 2.24) is 19.4 Å². The Balaban J connectivity index is 0.000000239. The van der Waals surface area contributed by atoms with E-state index in [0.717, 1.165) is 31.9 Å². The van der Waals surface area contributed by atoms with Crippen LogP contribution in [0.3, 0.4) is 0 Å². The van der Waals surface area contributed by atoms with E-state index in [2.05, 4.69) is 50.3 Å². The molecule has 1 fully saturated rings. The van der Waals surface area contributed by atoms with Crippen LogP contribution in [-0.4, -0.2) is 67.0 Å². The first-order valence-electron chi connectivity index (χ1n) is 11.1. The largest absolute Gasteiger partial charge is 0.490 e. The number of rotatable bonds is 3. The van der Waals surface area contributed by atoms with Gasteiger partial charge in [-0.1, -0.05) is 12.1 Å². The summed E-state index contributed by atoms with van der Waals surface area (Å²) in [5, 5.41) is 16.4. The van der Waals surface area contributed by atoms with Crippen LogP contribution in [0.25, 0.3) is 10.6 Å². The van der Waals surface area contributed by atoms with Gasteiger partial charge in [-0.05, 0) is 43.0 Å². The molecule has 1 saturated heterocycles. The van der Waals surface area contributed by atoms with E-state index in [1.54, 1.807) is 11.3 Å². The van der Waals surface area contributed by atoms with Crippen molar-refractivity contribution in [2.75, 3.05) is 13.1 Å². The Morgan fingerprint density at radius 3 is 2.11 bits per heavy atom. The highest BCUT2D eigenvalue weighted by atomic mass is 32.1. The van der Waals surface area contributed by atoms with Crippen LogP contribution >= 0.6 is 11.3 Å². The average Bonchev–Trinajstić information content (AvgIpc) is 3.61. The predicted molar refractivity (Wildman–Crippen MR) is 123 cm³/mol. The molecular formula is C23H22F6N4O4S. The highest BCUT2D eigenvalue weighted by Gasteiger charge is 2.46. The van der Waals surface area contributed by atoms with Crippen molar-refractivity contribution in [1.29, 1.82) is 0 Å². The van der Waals surface area contributed by atoms with E-state index in [-0.39, 0.29) is 5.41 Å². The first kappa shape index (κ1) is 29.1. The molecule has 3 aromatic heterocycles. The van der Waals surface area contributed by atoms with Gasteiger partial charge in [-0.25, -0.2) is 14.6 Å². The van der Waals surface area contributed by atoms with Crippen LogP contribution in [0.2, 0.25) is 0 Å². The fourth-order valence-electron chi connectivity index (χ4n) is 4.28. The number of likely N-dealkylation sites (tertiary alicyclic amines) is 1. The number of halogens is 6. The van der Waals surface area contributed by atoms with Gasteiger partial charge >= 0.3 is 24.3 Å². The number of carbonyl (C=O) groups is 2. The number of carboxylic acid groups (broad SMARTS) is 2. The monoisotopic (exact) mass is 564 g/mol. The zero-order valence-corrected chi connectivity index (χ0v) is 20.4.